The summed E-state index contributed by atoms with van der Waals surface area (Å²) in [4.78, 5) is 2.46. The molecule has 2 heteroatoms. The number of hydrogen-bond donors (Lipinski definition) is 1. The Labute approximate surface area is 87.3 Å². The highest BCUT2D eigenvalue weighted by Crippen LogP contribution is 2.33. The second kappa shape index (κ2) is 4.63. The van der Waals surface area contributed by atoms with E-state index in [0.29, 0.717) is 0 Å². The fourth-order valence-corrected chi connectivity index (χ4v) is 2.76. The van der Waals surface area contributed by atoms with Gasteiger partial charge in [-0.2, -0.15) is 0 Å². The predicted molar refractivity (Wildman–Crippen MR) is 58.2 cm³/mol. The molecule has 1 aliphatic carbocycles. The van der Waals surface area contributed by atoms with E-state index in [1.807, 2.05) is 0 Å². The summed E-state index contributed by atoms with van der Waals surface area (Å²) >= 11 is 0. The molecule has 0 aromatic carbocycles. The first kappa shape index (κ1) is 10.4. The molecule has 1 saturated carbocycles. The highest BCUT2D eigenvalue weighted by atomic mass is 16.3. The summed E-state index contributed by atoms with van der Waals surface area (Å²) in [5, 5.41) is 9.56. The van der Waals surface area contributed by atoms with Crippen LogP contribution in [0.3, 0.4) is 0 Å². The van der Waals surface area contributed by atoms with Gasteiger partial charge in [-0.05, 0) is 31.2 Å². The fraction of sp³-hybridized carbons (Fsp3) is 1.00. The summed E-state index contributed by atoms with van der Waals surface area (Å²) in [6, 6.07) is 0. The van der Waals surface area contributed by atoms with Crippen molar-refractivity contribution in [3.05, 3.63) is 0 Å². The van der Waals surface area contributed by atoms with Crippen LogP contribution in [-0.4, -0.2) is 35.7 Å². The summed E-state index contributed by atoms with van der Waals surface area (Å²) in [5.74, 6) is 1.82. The van der Waals surface area contributed by atoms with Gasteiger partial charge >= 0.3 is 0 Å². The van der Waals surface area contributed by atoms with Gasteiger partial charge in [0.25, 0.3) is 0 Å². The Morgan fingerprint density at radius 2 is 2.07 bits per heavy atom. The maximum atomic E-state index is 9.56. The molecule has 1 heterocycles. The molecule has 0 aromatic rings. The number of aliphatic hydroxyl groups is 1. The summed E-state index contributed by atoms with van der Waals surface area (Å²) in [5.41, 5.74) is 0. The van der Waals surface area contributed by atoms with Crippen LogP contribution >= 0.6 is 0 Å². The molecular weight excluding hydrogens is 174 g/mol. The molecule has 2 fully saturated rings. The van der Waals surface area contributed by atoms with Crippen molar-refractivity contribution >= 4 is 0 Å². The fourth-order valence-electron chi connectivity index (χ4n) is 2.76. The molecule has 0 aromatic heterocycles. The van der Waals surface area contributed by atoms with Crippen molar-refractivity contribution in [3.8, 4) is 0 Å². The van der Waals surface area contributed by atoms with Gasteiger partial charge in [-0.3, -0.25) is 0 Å². The van der Waals surface area contributed by atoms with Gasteiger partial charge in [-0.15, -0.1) is 0 Å². The van der Waals surface area contributed by atoms with Crippen LogP contribution in [0.15, 0.2) is 0 Å². The molecule has 0 spiro atoms. The molecule has 1 saturated heterocycles. The lowest BCUT2D eigenvalue weighted by molar-refractivity contribution is 0.0512. The first-order chi connectivity index (χ1) is 6.75. The van der Waals surface area contributed by atoms with Crippen molar-refractivity contribution in [2.45, 2.75) is 45.1 Å². The van der Waals surface area contributed by atoms with E-state index in [0.717, 1.165) is 24.8 Å². The molecule has 1 N–H and O–H groups in total. The first-order valence-electron chi connectivity index (χ1n) is 6.16. The number of β-amino-alcohol motifs (C(OH)–C–C–N with tert-alkyl or cyclic N) is 1. The second-order valence-electron chi connectivity index (χ2n) is 5.22. The van der Waals surface area contributed by atoms with Gasteiger partial charge in [0, 0.05) is 13.1 Å². The zero-order chi connectivity index (χ0) is 9.97. The third kappa shape index (κ3) is 2.48. The van der Waals surface area contributed by atoms with Crippen molar-refractivity contribution in [1.82, 2.24) is 4.90 Å². The van der Waals surface area contributed by atoms with Crippen LogP contribution in [0.2, 0.25) is 0 Å². The lowest BCUT2D eigenvalue weighted by atomic mass is 9.76. The highest BCUT2D eigenvalue weighted by Gasteiger charge is 2.26. The molecule has 0 bridgehead atoms. The lowest BCUT2D eigenvalue weighted by Crippen LogP contribution is -2.42. The van der Waals surface area contributed by atoms with Crippen molar-refractivity contribution in [1.29, 1.82) is 0 Å². The standard InChI is InChI=1S/C12H23NO/c1-10(11-4-2-5-11)8-13-7-3-6-12(14)9-13/h10-12,14H,2-9H2,1H3. The molecule has 2 nitrogen and oxygen atoms in total. The van der Waals surface area contributed by atoms with E-state index in [1.54, 1.807) is 0 Å². The van der Waals surface area contributed by atoms with E-state index in [4.69, 9.17) is 0 Å². The molecule has 0 radical (unpaired) electrons. The van der Waals surface area contributed by atoms with Gasteiger partial charge < -0.3 is 10.0 Å². The first-order valence-corrected chi connectivity index (χ1v) is 6.16. The Morgan fingerprint density at radius 3 is 2.64 bits per heavy atom. The average Bonchev–Trinajstić information content (AvgIpc) is 1.99. The van der Waals surface area contributed by atoms with Crippen molar-refractivity contribution in [2.24, 2.45) is 11.8 Å². The third-order valence-electron chi connectivity index (χ3n) is 3.98. The zero-order valence-corrected chi connectivity index (χ0v) is 9.28. The zero-order valence-electron chi connectivity index (χ0n) is 9.28. The van der Waals surface area contributed by atoms with Crippen LogP contribution in [0.25, 0.3) is 0 Å². The summed E-state index contributed by atoms with van der Waals surface area (Å²) < 4.78 is 0. The van der Waals surface area contributed by atoms with Crippen molar-refractivity contribution < 1.29 is 5.11 Å². The quantitative estimate of drug-likeness (QED) is 0.746. The van der Waals surface area contributed by atoms with Gasteiger partial charge in [0.15, 0.2) is 0 Å². The minimum Gasteiger partial charge on any atom is -0.392 e. The van der Waals surface area contributed by atoms with E-state index in [1.165, 1.54) is 38.8 Å². The van der Waals surface area contributed by atoms with E-state index in [9.17, 15) is 5.11 Å². The highest BCUT2D eigenvalue weighted by molar-refractivity contribution is 4.79. The maximum absolute atomic E-state index is 9.56. The molecule has 2 aliphatic rings. The SMILES string of the molecule is CC(CN1CCCC(O)C1)C1CCC1. The summed E-state index contributed by atoms with van der Waals surface area (Å²) in [6.45, 7) is 5.71. The number of aliphatic hydroxyl groups excluding tert-OH is 1. The molecule has 2 atom stereocenters. The monoisotopic (exact) mass is 197 g/mol. The Bertz CT molecular complexity index is 179. The van der Waals surface area contributed by atoms with E-state index >= 15 is 0 Å². The second-order valence-corrected chi connectivity index (χ2v) is 5.22. The topological polar surface area (TPSA) is 23.5 Å². The predicted octanol–water partition coefficient (Wildman–Crippen LogP) is 1.88. The minimum absolute atomic E-state index is 0.0580. The van der Waals surface area contributed by atoms with Crippen LogP contribution in [0, 0.1) is 11.8 Å². The smallest absolute Gasteiger partial charge is 0.0667 e. The lowest BCUT2D eigenvalue weighted by Gasteiger charge is -2.37. The molecule has 14 heavy (non-hydrogen) atoms. The third-order valence-corrected chi connectivity index (χ3v) is 3.98. The largest absolute Gasteiger partial charge is 0.392 e. The van der Waals surface area contributed by atoms with Crippen LogP contribution in [0.1, 0.15) is 39.0 Å². The van der Waals surface area contributed by atoms with Crippen LogP contribution < -0.4 is 0 Å². The van der Waals surface area contributed by atoms with E-state index in [-0.39, 0.29) is 6.10 Å². The number of hydrogen-bond acceptors (Lipinski definition) is 2. The number of piperidine rings is 1. The maximum Gasteiger partial charge on any atom is 0.0667 e. The Hall–Kier alpha value is -0.0800. The molecule has 82 valence electrons. The number of rotatable bonds is 3. The van der Waals surface area contributed by atoms with Crippen LogP contribution in [0.5, 0.6) is 0 Å². The molecule has 1 aliphatic heterocycles. The molecule has 2 unspecified atom stereocenters. The average molecular weight is 197 g/mol. The van der Waals surface area contributed by atoms with Gasteiger partial charge in [-0.25, -0.2) is 0 Å². The van der Waals surface area contributed by atoms with E-state index < -0.39 is 0 Å². The summed E-state index contributed by atoms with van der Waals surface area (Å²) in [7, 11) is 0. The van der Waals surface area contributed by atoms with Gasteiger partial charge in [0.05, 0.1) is 6.10 Å². The van der Waals surface area contributed by atoms with Crippen LogP contribution in [-0.2, 0) is 0 Å². The Balaban J connectivity index is 1.72. The van der Waals surface area contributed by atoms with Gasteiger partial charge in [0.2, 0.25) is 0 Å². The molecular formula is C12H23NO. The normalized spacial score (nSPS) is 32.6. The molecule has 2 rings (SSSR count). The summed E-state index contributed by atoms with van der Waals surface area (Å²) in [6.07, 6.45) is 6.46. The van der Waals surface area contributed by atoms with Crippen LogP contribution in [0.4, 0.5) is 0 Å². The van der Waals surface area contributed by atoms with Crippen molar-refractivity contribution in [3.63, 3.8) is 0 Å². The Morgan fingerprint density at radius 1 is 1.29 bits per heavy atom. The number of nitrogens with zero attached hydrogens (tertiary/aromatic N) is 1. The Kier molecular flexibility index (Phi) is 3.45. The molecule has 0 amide bonds. The van der Waals surface area contributed by atoms with Crippen molar-refractivity contribution in [2.75, 3.05) is 19.6 Å². The number of likely N-dealkylation sites (tertiary alicyclic amines) is 1. The van der Waals surface area contributed by atoms with Gasteiger partial charge in [0.1, 0.15) is 0 Å². The van der Waals surface area contributed by atoms with Gasteiger partial charge in [-0.1, -0.05) is 26.2 Å². The van der Waals surface area contributed by atoms with E-state index in [2.05, 4.69) is 11.8 Å². The minimum atomic E-state index is -0.0580.